The summed E-state index contributed by atoms with van der Waals surface area (Å²) < 4.78 is 70.9. The molecule has 0 saturated carbocycles. The molecule has 0 amide bonds. The Kier molecular flexibility index (Phi) is 7.00. The molecular weight excluding hydrogens is 447 g/mol. The van der Waals surface area contributed by atoms with E-state index in [1.54, 1.807) is 4.57 Å². The number of aryl methyl sites for hydroxylation is 1. The van der Waals surface area contributed by atoms with Crippen molar-refractivity contribution in [1.82, 2.24) is 19.3 Å². The molecule has 0 radical (unpaired) electrons. The second-order valence-electron chi connectivity index (χ2n) is 6.96. The molecule has 0 aliphatic heterocycles. The summed E-state index contributed by atoms with van der Waals surface area (Å²) in [6.07, 6.45) is 2.78. The van der Waals surface area contributed by atoms with Crippen molar-refractivity contribution in [1.29, 1.82) is 5.26 Å². The molecule has 0 aliphatic rings. The summed E-state index contributed by atoms with van der Waals surface area (Å²) in [6.45, 7) is -0.178. The lowest BCUT2D eigenvalue weighted by Crippen LogP contribution is -2.34. The number of alkyl halides is 3. The van der Waals surface area contributed by atoms with E-state index in [9.17, 15) is 26.9 Å². The first kappa shape index (κ1) is 23.5. The molecule has 3 rings (SSSR count). The average Bonchev–Trinajstić information content (AvgIpc) is 3.06. The number of ether oxygens (including phenoxy) is 1. The Bertz CT molecular complexity index is 1250. The normalized spacial score (nSPS) is 12.8. The summed E-state index contributed by atoms with van der Waals surface area (Å²) in [6, 6.07) is 5.42. The lowest BCUT2D eigenvalue weighted by molar-refractivity contribution is -0.0497. The van der Waals surface area contributed by atoms with Gasteiger partial charge in [0.2, 0.25) is 10.0 Å². The van der Waals surface area contributed by atoms with Gasteiger partial charge in [0.15, 0.2) is 5.82 Å². The van der Waals surface area contributed by atoms with Crippen LogP contribution in [0.5, 0.6) is 5.75 Å². The van der Waals surface area contributed by atoms with Gasteiger partial charge in [0.05, 0.1) is 23.5 Å². The van der Waals surface area contributed by atoms with Crippen LogP contribution in [0.15, 0.2) is 35.5 Å². The smallest absolute Gasteiger partial charge is 0.387 e. The zero-order valence-electron chi connectivity index (χ0n) is 17.2. The van der Waals surface area contributed by atoms with Crippen molar-refractivity contribution >= 4 is 20.9 Å². The van der Waals surface area contributed by atoms with Crippen LogP contribution in [0.4, 0.5) is 13.2 Å². The molecule has 2 aromatic heterocycles. The summed E-state index contributed by atoms with van der Waals surface area (Å²) >= 11 is 0. The molecule has 0 spiro atoms. The summed E-state index contributed by atoms with van der Waals surface area (Å²) in [5, 5.41) is 10.3. The Morgan fingerprint density at radius 3 is 2.53 bits per heavy atom. The minimum absolute atomic E-state index is 0.0613. The molecule has 170 valence electrons. The third kappa shape index (κ3) is 4.68. The molecule has 3 aromatic rings. The summed E-state index contributed by atoms with van der Waals surface area (Å²) in [4.78, 5) is 7.98. The zero-order chi connectivity index (χ0) is 23.5. The molecule has 12 heteroatoms. The minimum atomic E-state index is -4.02. The maximum Gasteiger partial charge on any atom is 0.387 e. The van der Waals surface area contributed by atoms with Crippen LogP contribution in [0.1, 0.15) is 25.8 Å². The van der Waals surface area contributed by atoms with Gasteiger partial charge in [-0.3, -0.25) is 0 Å². The fraction of sp³-hybridized carbons (Fsp3) is 0.350. The Balaban J connectivity index is 2.13. The van der Waals surface area contributed by atoms with Crippen molar-refractivity contribution in [3.05, 3.63) is 36.2 Å². The van der Waals surface area contributed by atoms with E-state index in [0.29, 0.717) is 29.6 Å². The first-order valence-electron chi connectivity index (χ1n) is 9.63. The van der Waals surface area contributed by atoms with Gasteiger partial charge in [-0.1, -0.05) is 6.92 Å². The second-order valence-corrected chi connectivity index (χ2v) is 8.68. The number of halogens is 3. The van der Waals surface area contributed by atoms with Gasteiger partial charge < -0.3 is 9.30 Å². The molecule has 8 nitrogen and oxygen atoms in total. The minimum Gasteiger partial charge on any atom is -0.435 e. The van der Waals surface area contributed by atoms with E-state index in [2.05, 4.69) is 25.5 Å². The van der Waals surface area contributed by atoms with Crippen LogP contribution in [0, 0.1) is 11.3 Å². The Morgan fingerprint density at radius 2 is 1.97 bits per heavy atom. The van der Waals surface area contributed by atoms with Crippen LogP contribution >= 0.6 is 0 Å². The van der Waals surface area contributed by atoms with E-state index in [0.717, 1.165) is 12.4 Å². The number of nitrogens with one attached hydrogen (secondary N) is 1. The van der Waals surface area contributed by atoms with E-state index < -0.39 is 29.4 Å². The highest BCUT2D eigenvalue weighted by molar-refractivity contribution is 7.89. The fourth-order valence-electron chi connectivity index (χ4n) is 3.25. The van der Waals surface area contributed by atoms with Gasteiger partial charge in [0.25, 0.3) is 0 Å². The third-order valence-corrected chi connectivity index (χ3v) is 6.10. The first-order chi connectivity index (χ1) is 15.2. The molecule has 0 aliphatic carbocycles. The van der Waals surface area contributed by atoms with E-state index >= 15 is 0 Å². The molecule has 2 heterocycles. The number of nitrogens with zero attached hydrogens (tertiary/aromatic N) is 4. The van der Waals surface area contributed by atoms with Crippen molar-refractivity contribution in [2.24, 2.45) is 0 Å². The molecule has 1 atom stereocenters. The predicted molar refractivity (Wildman–Crippen MR) is 110 cm³/mol. The number of hydrogen-bond acceptors (Lipinski definition) is 6. The highest BCUT2D eigenvalue weighted by Gasteiger charge is 2.23. The van der Waals surface area contributed by atoms with Gasteiger partial charge >= 0.3 is 6.61 Å². The van der Waals surface area contributed by atoms with Crippen LogP contribution in [0.2, 0.25) is 0 Å². The van der Waals surface area contributed by atoms with Gasteiger partial charge in [-0.25, -0.2) is 27.5 Å². The molecule has 0 saturated heterocycles. The molecule has 1 N–H and O–H groups in total. The number of benzene rings is 1. The van der Waals surface area contributed by atoms with Gasteiger partial charge in [-0.2, -0.15) is 14.0 Å². The molecule has 0 bridgehead atoms. The molecular formula is C20H20F3N5O3S. The van der Waals surface area contributed by atoms with Crippen molar-refractivity contribution < 1.29 is 26.3 Å². The highest BCUT2D eigenvalue weighted by atomic mass is 32.2. The monoisotopic (exact) mass is 467 g/mol. The largest absolute Gasteiger partial charge is 0.435 e. The number of sulfonamides is 1. The van der Waals surface area contributed by atoms with Crippen molar-refractivity contribution in [2.75, 3.05) is 6.67 Å². The standard InChI is InChI=1S/C20H20F3N5O3S/c1-3-6-28-17-7-13(31-20(22)23)4-5-15(17)16(9-24)18(28)19-25-10-14(11-26-19)32(29,30)27-12(2)8-21/h4-5,7,10-12,20,27H,3,6,8H2,1-2H3/t12-/m0/s1. The van der Waals surface area contributed by atoms with Crippen LogP contribution in [-0.2, 0) is 16.6 Å². The van der Waals surface area contributed by atoms with Crippen LogP contribution in [0.25, 0.3) is 22.4 Å². The van der Waals surface area contributed by atoms with E-state index in [4.69, 9.17) is 0 Å². The number of aromatic nitrogens is 3. The van der Waals surface area contributed by atoms with Crippen molar-refractivity contribution in [3.63, 3.8) is 0 Å². The topological polar surface area (TPSA) is 110 Å². The molecule has 0 fully saturated rings. The fourth-order valence-corrected chi connectivity index (χ4v) is 4.36. The van der Waals surface area contributed by atoms with E-state index in [-0.39, 0.29) is 22.0 Å². The number of fused-ring (bicyclic) bond motifs is 1. The molecule has 1 aromatic carbocycles. The quantitative estimate of drug-likeness (QED) is 0.515. The first-order valence-corrected chi connectivity index (χ1v) is 11.1. The maximum atomic E-state index is 12.7. The van der Waals surface area contributed by atoms with Gasteiger partial charge in [0.1, 0.15) is 29.1 Å². The van der Waals surface area contributed by atoms with E-state index in [1.165, 1.54) is 25.1 Å². The summed E-state index contributed by atoms with van der Waals surface area (Å²) in [7, 11) is -4.02. The van der Waals surface area contributed by atoms with E-state index in [1.807, 2.05) is 6.92 Å². The maximum absolute atomic E-state index is 12.7. The summed E-state index contributed by atoms with van der Waals surface area (Å²) in [5.74, 6) is 0.0221. The predicted octanol–water partition coefficient (Wildman–Crippen LogP) is 3.62. The lowest BCUT2D eigenvalue weighted by Gasteiger charge is -2.12. The zero-order valence-corrected chi connectivity index (χ0v) is 18.0. The number of rotatable bonds is 9. The Labute approximate surface area is 182 Å². The summed E-state index contributed by atoms with van der Waals surface area (Å²) in [5.41, 5.74) is 1.03. The second kappa shape index (κ2) is 9.54. The Hall–Kier alpha value is -3.17. The van der Waals surface area contributed by atoms with Gasteiger partial charge in [-0.15, -0.1) is 0 Å². The van der Waals surface area contributed by atoms with Gasteiger partial charge in [-0.05, 0) is 25.5 Å². The molecule has 32 heavy (non-hydrogen) atoms. The number of nitriles is 1. The SMILES string of the molecule is CCCn1c(-c2ncc(S(=O)(=O)N[C@@H](C)CF)cn2)c(C#N)c2ccc(OC(F)F)cc21. The number of hydrogen-bond donors (Lipinski definition) is 1. The Morgan fingerprint density at radius 1 is 1.28 bits per heavy atom. The van der Waals surface area contributed by atoms with Crippen LogP contribution < -0.4 is 9.46 Å². The highest BCUT2D eigenvalue weighted by Crippen LogP contribution is 2.34. The van der Waals surface area contributed by atoms with Crippen molar-refractivity contribution in [3.8, 4) is 23.3 Å². The van der Waals surface area contributed by atoms with Crippen LogP contribution in [-0.4, -0.2) is 42.3 Å². The molecule has 0 unspecified atom stereocenters. The third-order valence-electron chi connectivity index (χ3n) is 4.56. The lowest BCUT2D eigenvalue weighted by atomic mass is 10.1. The van der Waals surface area contributed by atoms with Gasteiger partial charge in [0, 0.05) is 24.0 Å². The van der Waals surface area contributed by atoms with Crippen LogP contribution in [0.3, 0.4) is 0 Å². The average molecular weight is 467 g/mol. The van der Waals surface area contributed by atoms with Crippen molar-refractivity contribution in [2.45, 2.75) is 44.4 Å².